The number of alkyl halides is 1. The normalized spacial score (nSPS) is 25.8. The Morgan fingerprint density at radius 2 is 1.60 bits per heavy atom. The molecule has 0 bridgehead atoms. The van der Waals surface area contributed by atoms with Crippen LogP contribution in [0, 0.1) is 5.92 Å². The van der Waals surface area contributed by atoms with E-state index in [1.165, 1.54) is 38.5 Å². The monoisotopic (exact) mass is 253 g/mol. The number of hydrogen-bond donors (Lipinski definition) is 1. The standard InChI is InChI=1S/C8H16IN/c9-8(10)7-5-3-1-2-4-6-7/h7-8H,1-6,10H2. The summed E-state index contributed by atoms with van der Waals surface area (Å²) in [5.74, 6) is 0.808. The van der Waals surface area contributed by atoms with E-state index >= 15 is 0 Å². The van der Waals surface area contributed by atoms with Crippen LogP contribution in [0.1, 0.15) is 38.5 Å². The van der Waals surface area contributed by atoms with E-state index in [4.69, 9.17) is 5.73 Å². The average Bonchev–Trinajstić information content (AvgIpc) is 2.12. The number of nitrogens with two attached hydrogens (primary N) is 1. The fraction of sp³-hybridized carbons (Fsp3) is 1.00. The quantitative estimate of drug-likeness (QED) is 0.330. The van der Waals surface area contributed by atoms with Gasteiger partial charge in [0.25, 0.3) is 0 Å². The van der Waals surface area contributed by atoms with Gasteiger partial charge in [0.15, 0.2) is 0 Å². The Morgan fingerprint density at radius 1 is 1.10 bits per heavy atom. The molecule has 1 rings (SSSR count). The maximum atomic E-state index is 5.82. The van der Waals surface area contributed by atoms with E-state index in [2.05, 4.69) is 22.6 Å². The first-order chi connectivity index (χ1) is 4.80. The Morgan fingerprint density at radius 3 is 2.00 bits per heavy atom. The van der Waals surface area contributed by atoms with Crippen molar-refractivity contribution >= 4 is 22.6 Å². The molecule has 0 heterocycles. The van der Waals surface area contributed by atoms with E-state index in [1.807, 2.05) is 0 Å². The van der Waals surface area contributed by atoms with Crippen LogP contribution >= 0.6 is 22.6 Å². The van der Waals surface area contributed by atoms with Gasteiger partial charge in [-0.15, -0.1) is 0 Å². The summed E-state index contributed by atoms with van der Waals surface area (Å²) in [4.78, 5) is 0. The molecule has 2 heteroatoms. The molecule has 0 amide bonds. The Hall–Kier alpha value is 0.690. The molecule has 2 N–H and O–H groups in total. The van der Waals surface area contributed by atoms with Crippen LogP contribution in [0.25, 0.3) is 0 Å². The van der Waals surface area contributed by atoms with Crippen LogP contribution in [0.4, 0.5) is 0 Å². The van der Waals surface area contributed by atoms with Crippen molar-refractivity contribution in [1.29, 1.82) is 0 Å². The first-order valence-electron chi connectivity index (χ1n) is 4.20. The molecule has 1 saturated carbocycles. The predicted octanol–water partition coefficient (Wildman–Crippen LogP) is 2.68. The average molecular weight is 253 g/mol. The Labute approximate surface area is 76.9 Å². The smallest absolute Gasteiger partial charge is 0.0597 e. The lowest BCUT2D eigenvalue weighted by Crippen LogP contribution is -2.22. The van der Waals surface area contributed by atoms with Crippen LogP contribution in [0.15, 0.2) is 0 Å². The van der Waals surface area contributed by atoms with E-state index in [0.29, 0.717) is 4.05 Å². The van der Waals surface area contributed by atoms with Crippen molar-refractivity contribution in [1.82, 2.24) is 0 Å². The molecule has 0 aromatic carbocycles. The van der Waals surface area contributed by atoms with E-state index in [-0.39, 0.29) is 0 Å². The summed E-state index contributed by atoms with van der Waals surface area (Å²) in [5, 5.41) is 0. The lowest BCUT2D eigenvalue weighted by atomic mass is 10.0. The molecule has 0 aromatic heterocycles. The maximum Gasteiger partial charge on any atom is 0.0597 e. The Bertz CT molecular complexity index is 85.3. The molecule has 1 nitrogen and oxygen atoms in total. The van der Waals surface area contributed by atoms with Crippen LogP contribution in [-0.2, 0) is 0 Å². The van der Waals surface area contributed by atoms with Gasteiger partial charge in [-0.05, 0) is 18.8 Å². The van der Waals surface area contributed by atoms with Crippen molar-refractivity contribution < 1.29 is 0 Å². The van der Waals surface area contributed by atoms with Crippen LogP contribution in [0.5, 0.6) is 0 Å². The second-order valence-electron chi connectivity index (χ2n) is 3.20. The zero-order chi connectivity index (χ0) is 7.40. The van der Waals surface area contributed by atoms with Gasteiger partial charge in [0, 0.05) is 0 Å². The summed E-state index contributed by atoms with van der Waals surface area (Å²) in [5.41, 5.74) is 5.82. The zero-order valence-electron chi connectivity index (χ0n) is 6.35. The van der Waals surface area contributed by atoms with E-state index in [1.54, 1.807) is 0 Å². The Kier molecular flexibility index (Phi) is 3.99. The van der Waals surface area contributed by atoms with Gasteiger partial charge in [0.1, 0.15) is 0 Å². The minimum atomic E-state index is 0.399. The van der Waals surface area contributed by atoms with Gasteiger partial charge >= 0.3 is 0 Å². The molecule has 1 atom stereocenters. The van der Waals surface area contributed by atoms with Gasteiger partial charge < -0.3 is 5.73 Å². The van der Waals surface area contributed by atoms with Crippen molar-refractivity contribution in [3.63, 3.8) is 0 Å². The molecule has 0 spiro atoms. The van der Waals surface area contributed by atoms with Gasteiger partial charge in [0.2, 0.25) is 0 Å². The van der Waals surface area contributed by atoms with E-state index < -0.39 is 0 Å². The lowest BCUT2D eigenvalue weighted by molar-refractivity contribution is 0.459. The Balaban J connectivity index is 2.28. The van der Waals surface area contributed by atoms with Crippen LogP contribution < -0.4 is 5.73 Å². The molecule has 1 fully saturated rings. The maximum absolute atomic E-state index is 5.82. The first-order valence-corrected chi connectivity index (χ1v) is 5.45. The van der Waals surface area contributed by atoms with Crippen molar-refractivity contribution in [2.75, 3.05) is 0 Å². The fourth-order valence-corrected chi connectivity index (χ4v) is 2.35. The number of hydrogen-bond acceptors (Lipinski definition) is 1. The number of halogens is 1. The molecule has 60 valence electrons. The third-order valence-electron chi connectivity index (χ3n) is 2.35. The highest BCUT2D eigenvalue weighted by Gasteiger charge is 2.16. The summed E-state index contributed by atoms with van der Waals surface area (Å²) in [7, 11) is 0. The topological polar surface area (TPSA) is 26.0 Å². The molecule has 1 unspecified atom stereocenters. The third-order valence-corrected chi connectivity index (χ3v) is 3.37. The van der Waals surface area contributed by atoms with Gasteiger partial charge in [-0.25, -0.2) is 0 Å². The highest BCUT2D eigenvalue weighted by Crippen LogP contribution is 2.26. The first kappa shape index (κ1) is 8.78. The van der Waals surface area contributed by atoms with Crippen molar-refractivity contribution in [2.24, 2.45) is 11.7 Å². The van der Waals surface area contributed by atoms with Crippen LogP contribution in [0.2, 0.25) is 0 Å². The summed E-state index contributed by atoms with van der Waals surface area (Å²) in [6, 6.07) is 0. The van der Waals surface area contributed by atoms with Gasteiger partial charge in [-0.2, -0.15) is 0 Å². The fourth-order valence-electron chi connectivity index (χ4n) is 1.63. The van der Waals surface area contributed by atoms with E-state index in [0.717, 1.165) is 5.92 Å². The molecule has 0 aromatic rings. The molecular formula is C8H16IN. The highest BCUT2D eigenvalue weighted by molar-refractivity contribution is 14.1. The van der Waals surface area contributed by atoms with Crippen molar-refractivity contribution in [2.45, 2.75) is 42.6 Å². The SMILES string of the molecule is NC(I)C1CCCCCC1. The van der Waals surface area contributed by atoms with Gasteiger partial charge in [0.05, 0.1) is 4.05 Å². The van der Waals surface area contributed by atoms with Crippen LogP contribution in [0.3, 0.4) is 0 Å². The third kappa shape index (κ3) is 2.74. The molecule has 1 aliphatic carbocycles. The van der Waals surface area contributed by atoms with Gasteiger partial charge in [-0.3, -0.25) is 0 Å². The summed E-state index contributed by atoms with van der Waals surface area (Å²) in [6.45, 7) is 0. The molecule has 1 aliphatic rings. The minimum absolute atomic E-state index is 0.399. The van der Waals surface area contributed by atoms with Crippen LogP contribution in [-0.4, -0.2) is 4.05 Å². The largest absolute Gasteiger partial charge is 0.319 e. The highest BCUT2D eigenvalue weighted by atomic mass is 127. The summed E-state index contributed by atoms with van der Waals surface area (Å²) < 4.78 is 0.399. The molecule has 0 radical (unpaired) electrons. The lowest BCUT2D eigenvalue weighted by Gasteiger charge is -2.15. The minimum Gasteiger partial charge on any atom is -0.319 e. The zero-order valence-corrected chi connectivity index (χ0v) is 8.51. The predicted molar refractivity (Wildman–Crippen MR) is 53.2 cm³/mol. The molecular weight excluding hydrogens is 237 g/mol. The second-order valence-corrected chi connectivity index (χ2v) is 4.63. The molecule has 10 heavy (non-hydrogen) atoms. The van der Waals surface area contributed by atoms with Crippen molar-refractivity contribution in [3.05, 3.63) is 0 Å². The summed E-state index contributed by atoms with van der Waals surface area (Å²) >= 11 is 2.36. The van der Waals surface area contributed by atoms with Crippen molar-refractivity contribution in [3.8, 4) is 0 Å². The molecule has 0 saturated heterocycles. The van der Waals surface area contributed by atoms with E-state index in [9.17, 15) is 0 Å². The number of rotatable bonds is 1. The second kappa shape index (κ2) is 4.54. The van der Waals surface area contributed by atoms with Gasteiger partial charge in [-0.1, -0.05) is 48.3 Å². The summed E-state index contributed by atoms with van der Waals surface area (Å²) in [6.07, 6.45) is 8.40. The molecule has 0 aliphatic heterocycles.